The Hall–Kier alpha value is -0.340. The number of aliphatic hydroxyl groups excluding tert-OH is 2. The summed E-state index contributed by atoms with van der Waals surface area (Å²) in [6, 6.07) is 0. The van der Waals surface area contributed by atoms with E-state index in [-0.39, 0.29) is 6.10 Å². The van der Waals surface area contributed by atoms with Crippen molar-refractivity contribution >= 4 is 0 Å². The highest BCUT2D eigenvalue weighted by molar-refractivity contribution is 4.89. The van der Waals surface area contributed by atoms with Crippen LogP contribution in [0.5, 0.6) is 0 Å². The van der Waals surface area contributed by atoms with Crippen LogP contribution in [0, 0.1) is 0 Å². The molecule has 0 bridgehead atoms. The van der Waals surface area contributed by atoms with E-state index in [1.807, 2.05) is 12.2 Å². The summed E-state index contributed by atoms with van der Waals surface area (Å²) in [6.07, 6.45) is 12.4. The predicted molar refractivity (Wildman–Crippen MR) is 74.1 cm³/mol. The fraction of sp³-hybridized carbons (Fsp3) is 0.867. The molecule has 0 rings (SSSR count). The number of unbranched alkanes of at least 4 members (excludes halogenated alkanes) is 5. The second kappa shape index (κ2) is 12.1. The van der Waals surface area contributed by atoms with Gasteiger partial charge in [0.1, 0.15) is 0 Å². The zero-order chi connectivity index (χ0) is 12.9. The van der Waals surface area contributed by atoms with E-state index in [0.29, 0.717) is 6.42 Å². The van der Waals surface area contributed by atoms with E-state index in [9.17, 15) is 10.2 Å². The molecule has 0 fully saturated rings. The molecule has 0 aromatic heterocycles. The number of hydrogen-bond donors (Lipinski definition) is 2. The van der Waals surface area contributed by atoms with Gasteiger partial charge in [0.05, 0.1) is 12.2 Å². The lowest BCUT2D eigenvalue weighted by molar-refractivity contribution is 0.0956. The Kier molecular flexibility index (Phi) is 11.9. The second-order valence-corrected chi connectivity index (χ2v) is 4.88. The number of hydrogen-bond acceptors (Lipinski definition) is 2. The molecule has 0 aliphatic carbocycles. The largest absolute Gasteiger partial charge is 0.393 e. The molecule has 0 aromatic carbocycles. The smallest absolute Gasteiger partial charge is 0.0745 e. The normalized spacial score (nSPS) is 15.3. The summed E-state index contributed by atoms with van der Waals surface area (Å²) >= 11 is 0. The zero-order valence-electron chi connectivity index (χ0n) is 11.6. The molecular weight excluding hydrogens is 212 g/mol. The standard InChI is InChI=1S/C15H30O2/c1-3-5-7-9-11-14(16)13-15(17)12-10-8-6-4-2/h9,11,14-17H,3-8,10,12-13H2,1-2H3/b11-9-/t14-,15-/m0/s1. The molecule has 102 valence electrons. The highest BCUT2D eigenvalue weighted by Crippen LogP contribution is 2.10. The van der Waals surface area contributed by atoms with Crippen LogP contribution in [-0.4, -0.2) is 22.4 Å². The first-order valence-electron chi connectivity index (χ1n) is 7.23. The Morgan fingerprint density at radius 3 is 2.29 bits per heavy atom. The molecule has 2 atom stereocenters. The molecular formula is C15H30O2. The van der Waals surface area contributed by atoms with Gasteiger partial charge in [-0.1, -0.05) is 64.5 Å². The van der Waals surface area contributed by atoms with Gasteiger partial charge in [0.25, 0.3) is 0 Å². The van der Waals surface area contributed by atoms with Crippen LogP contribution in [0.15, 0.2) is 12.2 Å². The molecule has 2 heteroatoms. The van der Waals surface area contributed by atoms with Gasteiger partial charge in [-0.05, 0) is 12.8 Å². The predicted octanol–water partition coefficient (Wildman–Crippen LogP) is 3.82. The summed E-state index contributed by atoms with van der Waals surface area (Å²) in [5.41, 5.74) is 0. The third-order valence-electron chi connectivity index (χ3n) is 2.99. The van der Waals surface area contributed by atoms with E-state index >= 15 is 0 Å². The minimum Gasteiger partial charge on any atom is -0.393 e. The SMILES string of the molecule is CCCC/C=C\[C@H](O)C[C@@H](O)CCCCCC. The first kappa shape index (κ1) is 16.7. The third-order valence-corrected chi connectivity index (χ3v) is 2.99. The van der Waals surface area contributed by atoms with Crippen molar-refractivity contribution in [2.45, 2.75) is 83.8 Å². The summed E-state index contributed by atoms with van der Waals surface area (Å²) < 4.78 is 0. The van der Waals surface area contributed by atoms with Crippen LogP contribution in [-0.2, 0) is 0 Å². The summed E-state index contributed by atoms with van der Waals surface area (Å²) in [7, 11) is 0. The molecule has 0 radical (unpaired) electrons. The Morgan fingerprint density at radius 1 is 0.941 bits per heavy atom. The van der Waals surface area contributed by atoms with Gasteiger partial charge in [-0.25, -0.2) is 0 Å². The molecule has 17 heavy (non-hydrogen) atoms. The maximum atomic E-state index is 9.73. The molecule has 0 unspecified atom stereocenters. The van der Waals surface area contributed by atoms with Crippen molar-refractivity contribution in [2.75, 3.05) is 0 Å². The van der Waals surface area contributed by atoms with Crippen molar-refractivity contribution in [3.63, 3.8) is 0 Å². The molecule has 0 saturated heterocycles. The maximum absolute atomic E-state index is 9.73. The zero-order valence-corrected chi connectivity index (χ0v) is 11.6. The molecule has 0 saturated carbocycles. The van der Waals surface area contributed by atoms with Crippen LogP contribution in [0.25, 0.3) is 0 Å². The fourth-order valence-electron chi connectivity index (χ4n) is 1.86. The molecule has 0 amide bonds. The minimum atomic E-state index is -0.479. The maximum Gasteiger partial charge on any atom is 0.0745 e. The van der Waals surface area contributed by atoms with Crippen LogP contribution >= 0.6 is 0 Å². The highest BCUT2D eigenvalue weighted by Gasteiger charge is 2.08. The van der Waals surface area contributed by atoms with Gasteiger partial charge in [0.15, 0.2) is 0 Å². The summed E-state index contributed by atoms with van der Waals surface area (Å²) in [5.74, 6) is 0. The molecule has 0 spiro atoms. The first-order valence-corrected chi connectivity index (χ1v) is 7.23. The lowest BCUT2D eigenvalue weighted by atomic mass is 10.0. The van der Waals surface area contributed by atoms with Crippen molar-refractivity contribution in [2.24, 2.45) is 0 Å². The molecule has 0 aliphatic rings. The lowest BCUT2D eigenvalue weighted by Gasteiger charge is -2.12. The molecule has 0 heterocycles. The Labute approximate surface area is 107 Å². The van der Waals surface area contributed by atoms with Crippen molar-refractivity contribution < 1.29 is 10.2 Å². The van der Waals surface area contributed by atoms with Crippen molar-refractivity contribution in [1.29, 1.82) is 0 Å². The molecule has 0 aromatic rings. The fourth-order valence-corrected chi connectivity index (χ4v) is 1.86. The van der Waals surface area contributed by atoms with Gasteiger partial charge in [-0.2, -0.15) is 0 Å². The second-order valence-electron chi connectivity index (χ2n) is 4.88. The van der Waals surface area contributed by atoms with Gasteiger partial charge >= 0.3 is 0 Å². The lowest BCUT2D eigenvalue weighted by Crippen LogP contribution is -2.15. The first-order chi connectivity index (χ1) is 8.20. The van der Waals surface area contributed by atoms with Crippen molar-refractivity contribution in [1.82, 2.24) is 0 Å². The van der Waals surface area contributed by atoms with Gasteiger partial charge in [-0.15, -0.1) is 0 Å². The van der Waals surface area contributed by atoms with E-state index in [1.165, 1.54) is 32.1 Å². The average Bonchev–Trinajstić information content (AvgIpc) is 2.30. The van der Waals surface area contributed by atoms with Crippen LogP contribution in [0.2, 0.25) is 0 Å². The summed E-state index contributed by atoms with van der Waals surface area (Å²) in [5, 5.41) is 19.4. The Morgan fingerprint density at radius 2 is 1.65 bits per heavy atom. The number of aliphatic hydroxyl groups is 2. The van der Waals surface area contributed by atoms with Crippen LogP contribution in [0.1, 0.15) is 71.6 Å². The van der Waals surface area contributed by atoms with Crippen molar-refractivity contribution in [3.05, 3.63) is 12.2 Å². The minimum absolute atomic E-state index is 0.349. The summed E-state index contributed by atoms with van der Waals surface area (Å²) in [6.45, 7) is 4.34. The summed E-state index contributed by atoms with van der Waals surface area (Å²) in [4.78, 5) is 0. The Balaban J connectivity index is 3.50. The van der Waals surface area contributed by atoms with E-state index in [2.05, 4.69) is 13.8 Å². The van der Waals surface area contributed by atoms with Crippen LogP contribution in [0.4, 0.5) is 0 Å². The monoisotopic (exact) mass is 242 g/mol. The van der Waals surface area contributed by atoms with E-state index in [0.717, 1.165) is 19.3 Å². The molecule has 2 nitrogen and oxygen atoms in total. The quantitative estimate of drug-likeness (QED) is 0.427. The topological polar surface area (TPSA) is 40.5 Å². The molecule has 0 aliphatic heterocycles. The van der Waals surface area contributed by atoms with E-state index in [4.69, 9.17) is 0 Å². The number of allylic oxidation sites excluding steroid dienone is 1. The van der Waals surface area contributed by atoms with Gasteiger partial charge in [0.2, 0.25) is 0 Å². The van der Waals surface area contributed by atoms with Crippen molar-refractivity contribution in [3.8, 4) is 0 Å². The third kappa shape index (κ3) is 11.9. The van der Waals surface area contributed by atoms with Gasteiger partial charge in [0, 0.05) is 6.42 Å². The van der Waals surface area contributed by atoms with Gasteiger partial charge in [-0.3, -0.25) is 0 Å². The Bertz CT molecular complexity index is 178. The van der Waals surface area contributed by atoms with Crippen LogP contribution in [0.3, 0.4) is 0 Å². The van der Waals surface area contributed by atoms with Gasteiger partial charge < -0.3 is 10.2 Å². The molecule has 2 N–H and O–H groups in total. The highest BCUT2D eigenvalue weighted by atomic mass is 16.3. The average molecular weight is 242 g/mol. The van der Waals surface area contributed by atoms with E-state index in [1.54, 1.807) is 0 Å². The van der Waals surface area contributed by atoms with E-state index < -0.39 is 6.10 Å². The number of rotatable bonds is 11. The van der Waals surface area contributed by atoms with Crippen LogP contribution < -0.4 is 0 Å².